The summed E-state index contributed by atoms with van der Waals surface area (Å²) in [6.45, 7) is 1.92. The Balaban J connectivity index is 2.36. The predicted octanol–water partition coefficient (Wildman–Crippen LogP) is 3.62. The molecule has 0 aliphatic heterocycles. The number of halogens is 1. The maximum Gasteiger partial charge on any atom is 0.258 e. The van der Waals surface area contributed by atoms with E-state index >= 15 is 0 Å². The second-order valence-electron chi connectivity index (χ2n) is 4.37. The molecule has 0 spiro atoms. The Morgan fingerprint density at radius 1 is 1.21 bits per heavy atom. The van der Waals surface area contributed by atoms with Crippen LogP contribution >= 0.6 is 15.9 Å². The maximum atomic E-state index is 12.5. The van der Waals surface area contributed by atoms with E-state index in [0.717, 1.165) is 15.7 Å². The van der Waals surface area contributed by atoms with E-state index in [0.29, 0.717) is 11.3 Å². The van der Waals surface area contributed by atoms with Crippen molar-refractivity contribution in [2.75, 3.05) is 17.7 Å². The van der Waals surface area contributed by atoms with Crippen molar-refractivity contribution in [1.82, 2.24) is 0 Å². The minimum absolute atomic E-state index is 0.0515. The Morgan fingerprint density at radius 2 is 1.89 bits per heavy atom. The van der Waals surface area contributed by atoms with Gasteiger partial charge in [-0.25, -0.2) is 0 Å². The molecular weight excluding hydrogens is 304 g/mol. The van der Waals surface area contributed by atoms with Crippen molar-refractivity contribution in [2.45, 2.75) is 6.92 Å². The van der Waals surface area contributed by atoms with Crippen molar-refractivity contribution < 1.29 is 4.79 Å². The van der Waals surface area contributed by atoms with E-state index in [9.17, 15) is 4.79 Å². The number of amides is 1. The lowest BCUT2D eigenvalue weighted by molar-refractivity contribution is 0.0992. The Hall–Kier alpha value is -1.81. The highest BCUT2D eigenvalue weighted by molar-refractivity contribution is 9.10. The number of carbonyl (C=O) groups excluding carboxylic acids is 1. The zero-order valence-corrected chi connectivity index (χ0v) is 12.4. The van der Waals surface area contributed by atoms with E-state index in [2.05, 4.69) is 15.9 Å². The smallest absolute Gasteiger partial charge is 0.258 e. The third-order valence-electron chi connectivity index (χ3n) is 3.06. The van der Waals surface area contributed by atoms with E-state index in [-0.39, 0.29) is 5.91 Å². The second-order valence-corrected chi connectivity index (χ2v) is 5.23. The van der Waals surface area contributed by atoms with Crippen LogP contribution in [0.4, 0.5) is 11.4 Å². The number of hydrogen-bond donors (Lipinski definition) is 1. The molecule has 0 saturated heterocycles. The molecule has 0 aliphatic rings. The lowest BCUT2D eigenvalue weighted by Crippen LogP contribution is -2.27. The van der Waals surface area contributed by atoms with Crippen LogP contribution in [-0.4, -0.2) is 13.0 Å². The summed E-state index contributed by atoms with van der Waals surface area (Å²) in [7, 11) is 1.75. The van der Waals surface area contributed by atoms with Gasteiger partial charge in [0.2, 0.25) is 0 Å². The Labute approximate surface area is 121 Å². The van der Waals surface area contributed by atoms with Gasteiger partial charge < -0.3 is 10.6 Å². The van der Waals surface area contributed by atoms with Gasteiger partial charge in [0.05, 0.1) is 0 Å². The third kappa shape index (κ3) is 2.79. The molecule has 0 heterocycles. The summed E-state index contributed by atoms with van der Waals surface area (Å²) in [5, 5.41) is 0. The molecule has 2 aromatic carbocycles. The van der Waals surface area contributed by atoms with Gasteiger partial charge in [0.15, 0.2) is 0 Å². The largest absolute Gasteiger partial charge is 0.399 e. The van der Waals surface area contributed by atoms with Gasteiger partial charge in [0.1, 0.15) is 0 Å². The molecule has 0 unspecified atom stereocenters. The molecule has 2 N–H and O–H groups in total. The number of nitrogens with two attached hydrogens (primary N) is 1. The lowest BCUT2D eigenvalue weighted by atomic mass is 10.1. The average molecular weight is 319 g/mol. The number of benzene rings is 2. The van der Waals surface area contributed by atoms with Gasteiger partial charge in [-0.1, -0.05) is 28.1 Å². The molecule has 4 heteroatoms. The van der Waals surface area contributed by atoms with Gasteiger partial charge in [0, 0.05) is 28.5 Å². The first-order valence-corrected chi connectivity index (χ1v) is 6.68. The average Bonchev–Trinajstić information content (AvgIpc) is 2.40. The van der Waals surface area contributed by atoms with E-state index in [4.69, 9.17) is 5.73 Å². The summed E-state index contributed by atoms with van der Waals surface area (Å²) in [6.07, 6.45) is 0. The zero-order chi connectivity index (χ0) is 14.0. The molecule has 0 aliphatic carbocycles. The Bertz CT molecular complexity index is 625. The summed E-state index contributed by atoms with van der Waals surface area (Å²) in [5.74, 6) is -0.0515. The van der Waals surface area contributed by atoms with E-state index in [1.807, 2.05) is 37.3 Å². The maximum absolute atomic E-state index is 12.5. The molecule has 0 saturated carbocycles. The molecule has 0 radical (unpaired) electrons. The van der Waals surface area contributed by atoms with Gasteiger partial charge in [-0.3, -0.25) is 4.79 Å². The van der Waals surface area contributed by atoms with Crippen molar-refractivity contribution in [3.8, 4) is 0 Å². The molecule has 0 aromatic heterocycles. The number of hydrogen-bond acceptors (Lipinski definition) is 2. The zero-order valence-electron chi connectivity index (χ0n) is 10.9. The molecule has 0 atom stereocenters. The van der Waals surface area contributed by atoms with Crippen LogP contribution < -0.4 is 10.6 Å². The number of rotatable bonds is 2. The van der Waals surface area contributed by atoms with Crippen LogP contribution in [0.15, 0.2) is 46.9 Å². The molecule has 3 nitrogen and oxygen atoms in total. The number of anilines is 2. The summed E-state index contributed by atoms with van der Waals surface area (Å²) < 4.78 is 0.930. The fraction of sp³-hybridized carbons (Fsp3) is 0.133. The monoisotopic (exact) mass is 318 g/mol. The summed E-state index contributed by atoms with van der Waals surface area (Å²) >= 11 is 3.44. The van der Waals surface area contributed by atoms with Gasteiger partial charge in [-0.2, -0.15) is 0 Å². The molecule has 98 valence electrons. The van der Waals surface area contributed by atoms with Crippen LogP contribution in [0.25, 0.3) is 0 Å². The van der Waals surface area contributed by atoms with Crippen molar-refractivity contribution in [1.29, 1.82) is 0 Å². The number of carbonyl (C=O) groups is 1. The lowest BCUT2D eigenvalue weighted by Gasteiger charge is -2.19. The van der Waals surface area contributed by atoms with Crippen LogP contribution in [-0.2, 0) is 0 Å². The summed E-state index contributed by atoms with van der Waals surface area (Å²) in [5.41, 5.74) is 8.78. The van der Waals surface area contributed by atoms with Crippen LogP contribution in [0.3, 0.4) is 0 Å². The first-order valence-electron chi connectivity index (χ1n) is 5.89. The molecule has 0 bridgehead atoms. The van der Waals surface area contributed by atoms with E-state index in [1.54, 1.807) is 24.1 Å². The second kappa shape index (κ2) is 5.45. The van der Waals surface area contributed by atoms with Crippen LogP contribution in [0.5, 0.6) is 0 Å². The van der Waals surface area contributed by atoms with Crippen LogP contribution in [0.1, 0.15) is 15.9 Å². The Morgan fingerprint density at radius 3 is 2.58 bits per heavy atom. The predicted molar refractivity (Wildman–Crippen MR) is 82.5 cm³/mol. The highest BCUT2D eigenvalue weighted by atomic mass is 79.9. The van der Waals surface area contributed by atoms with Crippen LogP contribution in [0, 0.1) is 6.92 Å². The fourth-order valence-corrected chi connectivity index (χ4v) is 2.24. The molecule has 2 aromatic rings. The van der Waals surface area contributed by atoms with Gasteiger partial charge in [0.25, 0.3) is 5.91 Å². The van der Waals surface area contributed by atoms with E-state index < -0.39 is 0 Å². The first kappa shape index (κ1) is 13.6. The topological polar surface area (TPSA) is 46.3 Å². The summed E-state index contributed by atoms with van der Waals surface area (Å²) in [6, 6.07) is 12.9. The standard InChI is InChI=1S/C15H15BrN2O/c1-10-13(7-4-8-14(10)16)15(19)18(2)12-6-3-5-11(17)9-12/h3-9H,17H2,1-2H3. The van der Waals surface area contributed by atoms with Crippen molar-refractivity contribution >= 4 is 33.2 Å². The molecule has 1 amide bonds. The highest BCUT2D eigenvalue weighted by Crippen LogP contribution is 2.23. The number of nitrogens with zero attached hydrogens (tertiary/aromatic N) is 1. The SMILES string of the molecule is Cc1c(Br)cccc1C(=O)N(C)c1cccc(N)c1. The minimum atomic E-state index is -0.0515. The van der Waals surface area contributed by atoms with Gasteiger partial charge in [-0.05, 0) is 42.8 Å². The molecular formula is C15H15BrN2O. The van der Waals surface area contributed by atoms with Crippen LogP contribution in [0.2, 0.25) is 0 Å². The van der Waals surface area contributed by atoms with E-state index in [1.165, 1.54) is 0 Å². The first-order chi connectivity index (χ1) is 9.00. The third-order valence-corrected chi connectivity index (χ3v) is 3.92. The highest BCUT2D eigenvalue weighted by Gasteiger charge is 2.16. The van der Waals surface area contributed by atoms with Gasteiger partial charge in [-0.15, -0.1) is 0 Å². The van der Waals surface area contributed by atoms with Crippen molar-refractivity contribution in [3.05, 3.63) is 58.1 Å². The van der Waals surface area contributed by atoms with Gasteiger partial charge >= 0.3 is 0 Å². The van der Waals surface area contributed by atoms with Crippen molar-refractivity contribution in [3.63, 3.8) is 0 Å². The normalized spacial score (nSPS) is 10.3. The number of nitrogen functional groups attached to an aromatic ring is 1. The molecule has 2 rings (SSSR count). The summed E-state index contributed by atoms with van der Waals surface area (Å²) in [4.78, 5) is 14.1. The Kier molecular flexibility index (Phi) is 3.90. The quantitative estimate of drug-likeness (QED) is 0.860. The minimum Gasteiger partial charge on any atom is -0.399 e. The van der Waals surface area contributed by atoms with Crippen molar-refractivity contribution in [2.24, 2.45) is 0 Å². The fourth-order valence-electron chi connectivity index (χ4n) is 1.87. The molecule has 0 fully saturated rings. The molecule has 19 heavy (non-hydrogen) atoms.